The van der Waals surface area contributed by atoms with Crippen LogP contribution in [0.3, 0.4) is 0 Å². The lowest BCUT2D eigenvalue weighted by Crippen LogP contribution is -2.02. The molecule has 0 radical (unpaired) electrons. The Labute approximate surface area is 126 Å². The Hall–Kier alpha value is -0.660. The molecule has 0 spiro atoms. The first-order chi connectivity index (χ1) is 8.70. The predicted molar refractivity (Wildman–Crippen MR) is 80.0 cm³/mol. The van der Waals surface area contributed by atoms with Crippen LogP contribution in [0.1, 0.15) is 6.92 Å². The molecule has 0 unspecified atom stereocenters. The Morgan fingerprint density at radius 1 is 1.22 bits per heavy atom. The van der Waals surface area contributed by atoms with Crippen molar-refractivity contribution in [2.24, 2.45) is 0 Å². The number of hydrogen-bond acceptors (Lipinski definition) is 5. The van der Waals surface area contributed by atoms with Gasteiger partial charge in [0.25, 0.3) is 0 Å². The summed E-state index contributed by atoms with van der Waals surface area (Å²) in [5, 5.41) is 4.80. The van der Waals surface area contributed by atoms with Gasteiger partial charge in [0.05, 0.1) is 8.95 Å². The molecule has 2 heterocycles. The molecule has 0 aliphatic carbocycles. The van der Waals surface area contributed by atoms with E-state index in [-0.39, 0.29) is 0 Å². The average molecular weight is 390 g/mol. The smallest absolute Gasteiger partial charge is 0.223 e. The molecule has 18 heavy (non-hydrogen) atoms. The number of nitrogens with one attached hydrogen (secondary N) is 1. The minimum atomic E-state index is 0.621. The molecule has 0 aromatic carbocycles. The summed E-state index contributed by atoms with van der Waals surface area (Å²) in [5.41, 5.74) is 0. The Bertz CT molecular complexity index is 550. The highest BCUT2D eigenvalue weighted by Crippen LogP contribution is 2.34. The lowest BCUT2D eigenvalue weighted by molar-refractivity contribution is 0.992. The lowest BCUT2D eigenvalue weighted by Gasteiger charge is -2.06. The van der Waals surface area contributed by atoms with Crippen molar-refractivity contribution >= 4 is 49.6 Å². The maximum absolute atomic E-state index is 4.43. The molecular weight excluding hydrogens is 380 g/mol. The van der Waals surface area contributed by atoms with Gasteiger partial charge in [-0.25, -0.2) is 15.0 Å². The lowest BCUT2D eigenvalue weighted by atomic mass is 10.5. The quantitative estimate of drug-likeness (QED) is 0.801. The Morgan fingerprint density at radius 3 is 2.78 bits per heavy atom. The van der Waals surface area contributed by atoms with Crippen LogP contribution >= 0.6 is 43.6 Å². The fourth-order valence-electron chi connectivity index (χ4n) is 1.20. The molecule has 2 aromatic heterocycles. The summed E-state index contributed by atoms with van der Waals surface area (Å²) < 4.78 is 1.80. The Balaban J connectivity index is 2.28. The van der Waals surface area contributed by atoms with Crippen molar-refractivity contribution in [3.05, 3.63) is 33.5 Å². The minimum absolute atomic E-state index is 0.621. The highest BCUT2D eigenvalue weighted by Gasteiger charge is 2.09. The second kappa shape index (κ2) is 6.49. The molecule has 0 saturated heterocycles. The molecule has 1 N–H and O–H groups in total. The predicted octanol–water partition coefficient (Wildman–Crippen LogP) is 3.98. The molecule has 0 bridgehead atoms. The fraction of sp³-hybridized carbons (Fsp3) is 0.182. The van der Waals surface area contributed by atoms with E-state index in [0.29, 0.717) is 5.95 Å². The maximum Gasteiger partial charge on any atom is 0.223 e. The summed E-state index contributed by atoms with van der Waals surface area (Å²) >= 11 is 8.40. The summed E-state index contributed by atoms with van der Waals surface area (Å²) in [6.45, 7) is 2.80. The second-order valence-electron chi connectivity index (χ2n) is 3.27. The average Bonchev–Trinajstić information content (AvgIpc) is 2.36. The Morgan fingerprint density at radius 2 is 2.06 bits per heavy atom. The van der Waals surface area contributed by atoms with Crippen LogP contribution in [0.15, 0.2) is 43.5 Å². The highest BCUT2D eigenvalue weighted by atomic mass is 79.9. The van der Waals surface area contributed by atoms with Gasteiger partial charge in [-0.2, -0.15) is 0 Å². The molecule has 0 fully saturated rings. The molecule has 0 saturated carbocycles. The van der Waals surface area contributed by atoms with Gasteiger partial charge < -0.3 is 5.32 Å². The zero-order valence-electron chi connectivity index (χ0n) is 9.52. The van der Waals surface area contributed by atoms with Crippen LogP contribution < -0.4 is 5.32 Å². The van der Waals surface area contributed by atoms with Gasteiger partial charge in [-0.05, 0) is 62.7 Å². The summed E-state index contributed by atoms with van der Waals surface area (Å²) in [5.74, 6) is 0.621. The number of rotatable bonds is 4. The van der Waals surface area contributed by atoms with Gasteiger partial charge in [0.2, 0.25) is 5.95 Å². The first-order valence-electron chi connectivity index (χ1n) is 5.25. The topological polar surface area (TPSA) is 50.7 Å². The van der Waals surface area contributed by atoms with Crippen LogP contribution in [0.5, 0.6) is 0 Å². The normalized spacial score (nSPS) is 10.4. The van der Waals surface area contributed by atoms with Crippen molar-refractivity contribution in [2.75, 3.05) is 11.9 Å². The zero-order valence-corrected chi connectivity index (χ0v) is 13.5. The maximum atomic E-state index is 4.43. The monoisotopic (exact) mass is 388 g/mol. The van der Waals surface area contributed by atoms with Crippen molar-refractivity contribution in [3.63, 3.8) is 0 Å². The van der Waals surface area contributed by atoms with Crippen LogP contribution in [0.2, 0.25) is 0 Å². The van der Waals surface area contributed by atoms with E-state index in [4.69, 9.17) is 0 Å². The van der Waals surface area contributed by atoms with Crippen LogP contribution in [-0.4, -0.2) is 21.5 Å². The summed E-state index contributed by atoms with van der Waals surface area (Å²) in [4.78, 5) is 12.9. The van der Waals surface area contributed by atoms with Crippen LogP contribution in [0.4, 0.5) is 5.95 Å². The Kier molecular flexibility index (Phi) is 4.96. The summed E-state index contributed by atoms with van der Waals surface area (Å²) in [6.07, 6.45) is 3.50. The number of hydrogen-bond donors (Lipinski definition) is 1. The first-order valence-corrected chi connectivity index (χ1v) is 7.65. The van der Waals surface area contributed by atoms with Gasteiger partial charge in [-0.1, -0.05) is 0 Å². The van der Waals surface area contributed by atoms with Crippen LogP contribution in [-0.2, 0) is 0 Å². The van der Waals surface area contributed by atoms with Gasteiger partial charge in [-0.3, -0.25) is 0 Å². The number of anilines is 1. The fourth-order valence-corrected chi connectivity index (χ4v) is 2.88. The van der Waals surface area contributed by atoms with Crippen LogP contribution in [0.25, 0.3) is 0 Å². The second-order valence-corrected chi connectivity index (χ2v) is 5.96. The molecule has 7 heteroatoms. The van der Waals surface area contributed by atoms with Gasteiger partial charge in [0.1, 0.15) is 10.1 Å². The van der Waals surface area contributed by atoms with Gasteiger partial charge in [0, 0.05) is 18.9 Å². The van der Waals surface area contributed by atoms with Crippen molar-refractivity contribution in [3.8, 4) is 0 Å². The van der Waals surface area contributed by atoms with E-state index in [9.17, 15) is 0 Å². The number of pyridine rings is 1. The zero-order chi connectivity index (χ0) is 13.0. The van der Waals surface area contributed by atoms with E-state index in [1.807, 2.05) is 19.1 Å². The minimum Gasteiger partial charge on any atom is -0.354 e. The molecule has 0 aliphatic rings. The van der Waals surface area contributed by atoms with E-state index in [0.717, 1.165) is 25.5 Å². The largest absolute Gasteiger partial charge is 0.354 e. The first kappa shape index (κ1) is 13.8. The number of aromatic nitrogens is 3. The van der Waals surface area contributed by atoms with E-state index < -0.39 is 0 Å². The van der Waals surface area contributed by atoms with Crippen molar-refractivity contribution < 1.29 is 0 Å². The molecule has 0 atom stereocenters. The third-order valence-corrected chi connectivity index (χ3v) is 4.73. The molecule has 94 valence electrons. The standard InChI is InChI=1S/C11H10Br2N4S/c1-2-14-11-16-6-8(13)10(17-11)18-9-7(12)4-3-5-15-9/h3-6H,2H2,1H3,(H,14,16,17). The summed E-state index contributed by atoms with van der Waals surface area (Å²) in [6, 6.07) is 3.84. The van der Waals surface area contributed by atoms with Crippen molar-refractivity contribution in [1.82, 2.24) is 15.0 Å². The number of halogens is 2. The molecule has 2 aromatic rings. The van der Waals surface area contributed by atoms with E-state index in [2.05, 4.69) is 52.1 Å². The van der Waals surface area contributed by atoms with Gasteiger partial charge >= 0.3 is 0 Å². The SMILES string of the molecule is CCNc1ncc(Br)c(Sc2ncccc2Br)n1. The van der Waals surface area contributed by atoms with Crippen molar-refractivity contribution in [2.45, 2.75) is 17.0 Å². The molecule has 4 nitrogen and oxygen atoms in total. The van der Waals surface area contributed by atoms with Gasteiger partial charge in [0.15, 0.2) is 0 Å². The van der Waals surface area contributed by atoms with Crippen molar-refractivity contribution in [1.29, 1.82) is 0 Å². The van der Waals surface area contributed by atoms with Gasteiger partial charge in [-0.15, -0.1) is 0 Å². The summed E-state index contributed by atoms with van der Waals surface area (Å²) in [7, 11) is 0. The van der Waals surface area contributed by atoms with E-state index >= 15 is 0 Å². The van der Waals surface area contributed by atoms with E-state index in [1.54, 1.807) is 12.4 Å². The van der Waals surface area contributed by atoms with E-state index in [1.165, 1.54) is 11.8 Å². The molecule has 0 amide bonds. The molecule has 2 rings (SSSR count). The molecular formula is C11H10Br2N4S. The van der Waals surface area contributed by atoms with Crippen LogP contribution in [0, 0.1) is 0 Å². The third kappa shape index (κ3) is 3.43. The molecule has 0 aliphatic heterocycles. The highest BCUT2D eigenvalue weighted by molar-refractivity contribution is 9.11. The third-order valence-electron chi connectivity index (χ3n) is 1.96. The number of nitrogens with zero attached hydrogens (tertiary/aromatic N) is 3.